The van der Waals surface area contributed by atoms with Crippen LogP contribution >= 0.6 is 0 Å². The first-order chi connectivity index (χ1) is 12.9. The van der Waals surface area contributed by atoms with Crippen molar-refractivity contribution >= 4 is 10.0 Å². The van der Waals surface area contributed by atoms with Gasteiger partial charge in [0.15, 0.2) is 0 Å². The van der Waals surface area contributed by atoms with Gasteiger partial charge in [-0.1, -0.05) is 60.2 Å². The average Bonchev–Trinajstić information content (AvgIpc) is 2.63. The Morgan fingerprint density at radius 3 is 2.52 bits per heavy atom. The molecular weight excluding hydrogens is 362 g/mol. The molecule has 1 aromatic heterocycles. The van der Waals surface area contributed by atoms with Crippen LogP contribution in [0.4, 0.5) is 0 Å². The van der Waals surface area contributed by atoms with Gasteiger partial charge < -0.3 is 0 Å². The van der Waals surface area contributed by atoms with Crippen LogP contribution in [0.2, 0.25) is 0 Å². The van der Waals surface area contributed by atoms with Crippen molar-refractivity contribution in [2.45, 2.75) is 19.2 Å². The van der Waals surface area contributed by atoms with Crippen molar-refractivity contribution in [3.63, 3.8) is 0 Å². The molecule has 2 aromatic carbocycles. The Hall–Kier alpha value is -2.77. The molecule has 0 amide bonds. The molecule has 7 heteroatoms. The second-order valence-electron chi connectivity index (χ2n) is 6.29. The summed E-state index contributed by atoms with van der Waals surface area (Å²) >= 11 is 0. The molecule has 0 atom stereocenters. The first-order valence-corrected chi connectivity index (χ1v) is 10.2. The van der Waals surface area contributed by atoms with Crippen molar-refractivity contribution in [2.24, 2.45) is 0 Å². The van der Waals surface area contributed by atoms with Gasteiger partial charge in [-0.2, -0.15) is 5.10 Å². The van der Waals surface area contributed by atoms with Crippen molar-refractivity contribution in [3.05, 3.63) is 88.2 Å². The molecule has 0 unspecified atom stereocenters. The van der Waals surface area contributed by atoms with E-state index in [0.717, 1.165) is 16.7 Å². The van der Waals surface area contributed by atoms with E-state index in [2.05, 4.69) is 9.82 Å². The van der Waals surface area contributed by atoms with Gasteiger partial charge in [-0.3, -0.25) is 4.79 Å². The van der Waals surface area contributed by atoms with E-state index in [4.69, 9.17) is 0 Å². The number of benzene rings is 2. The minimum absolute atomic E-state index is 0.0962. The third-order valence-corrected chi connectivity index (χ3v) is 5.38. The molecule has 6 nitrogen and oxygen atoms in total. The average molecular weight is 383 g/mol. The summed E-state index contributed by atoms with van der Waals surface area (Å²) in [5.41, 5.74) is 3.02. The van der Waals surface area contributed by atoms with E-state index in [1.165, 1.54) is 10.7 Å². The standard InChI is InChI=1S/C20H21N3O3S/c1-16-6-5-7-17(14-16)15-27(25,26)21-12-13-23-20(24)11-10-19(22-23)18-8-3-2-4-9-18/h2-11,14,21H,12-13,15H2,1H3. The van der Waals surface area contributed by atoms with Gasteiger partial charge >= 0.3 is 0 Å². The highest BCUT2D eigenvalue weighted by Crippen LogP contribution is 2.14. The molecule has 3 rings (SSSR count). The van der Waals surface area contributed by atoms with E-state index in [1.54, 1.807) is 12.1 Å². The Bertz CT molecular complexity index is 1080. The van der Waals surface area contributed by atoms with E-state index >= 15 is 0 Å². The normalized spacial score (nSPS) is 11.4. The maximum absolute atomic E-state index is 12.3. The van der Waals surface area contributed by atoms with Gasteiger partial charge in [-0.05, 0) is 18.6 Å². The summed E-state index contributed by atoms with van der Waals surface area (Å²) in [7, 11) is -3.49. The molecule has 0 aliphatic rings. The molecule has 3 aromatic rings. The Balaban J connectivity index is 1.65. The number of nitrogens with zero attached hydrogens (tertiary/aromatic N) is 2. The lowest BCUT2D eigenvalue weighted by Gasteiger charge is -2.09. The van der Waals surface area contributed by atoms with Gasteiger partial charge in [0.05, 0.1) is 18.0 Å². The number of aromatic nitrogens is 2. The highest BCUT2D eigenvalue weighted by Gasteiger charge is 2.12. The van der Waals surface area contributed by atoms with Gasteiger partial charge in [-0.15, -0.1) is 0 Å². The quantitative estimate of drug-likeness (QED) is 0.679. The summed E-state index contributed by atoms with van der Waals surface area (Å²) in [6, 6.07) is 20.0. The summed E-state index contributed by atoms with van der Waals surface area (Å²) < 4.78 is 28.3. The molecular formula is C20H21N3O3S. The lowest BCUT2D eigenvalue weighted by Crippen LogP contribution is -2.32. The summed E-state index contributed by atoms with van der Waals surface area (Å²) in [4.78, 5) is 12.0. The van der Waals surface area contributed by atoms with Crippen LogP contribution in [0.1, 0.15) is 11.1 Å². The number of rotatable bonds is 7. The second-order valence-corrected chi connectivity index (χ2v) is 8.10. The smallest absolute Gasteiger partial charge is 0.266 e. The van der Waals surface area contributed by atoms with Crippen LogP contribution < -0.4 is 10.3 Å². The number of hydrogen-bond donors (Lipinski definition) is 1. The molecule has 0 aliphatic heterocycles. The van der Waals surface area contributed by atoms with Crippen LogP contribution in [-0.2, 0) is 22.3 Å². The molecule has 0 fully saturated rings. The molecule has 0 saturated carbocycles. The first-order valence-electron chi connectivity index (χ1n) is 8.59. The fraction of sp³-hybridized carbons (Fsp3) is 0.200. The van der Waals surface area contributed by atoms with Gasteiger partial charge in [0, 0.05) is 18.2 Å². The highest BCUT2D eigenvalue weighted by atomic mass is 32.2. The zero-order valence-corrected chi connectivity index (χ0v) is 15.8. The van der Waals surface area contributed by atoms with Crippen LogP contribution in [0.5, 0.6) is 0 Å². The molecule has 0 aliphatic carbocycles. The Labute approximate surface area is 158 Å². The van der Waals surface area contributed by atoms with Crippen LogP contribution in [0, 0.1) is 6.92 Å². The van der Waals surface area contributed by atoms with Gasteiger partial charge in [0.25, 0.3) is 5.56 Å². The van der Waals surface area contributed by atoms with E-state index in [0.29, 0.717) is 5.69 Å². The van der Waals surface area contributed by atoms with Crippen molar-refractivity contribution in [2.75, 3.05) is 6.54 Å². The maximum Gasteiger partial charge on any atom is 0.266 e. The van der Waals surface area contributed by atoms with Gasteiger partial charge in [0.2, 0.25) is 10.0 Å². The Morgan fingerprint density at radius 1 is 1.00 bits per heavy atom. The fourth-order valence-corrected chi connectivity index (χ4v) is 3.87. The summed E-state index contributed by atoms with van der Waals surface area (Å²) in [5.74, 6) is -0.0962. The minimum atomic E-state index is -3.49. The van der Waals surface area contributed by atoms with Gasteiger partial charge in [0.1, 0.15) is 0 Å². The molecule has 140 valence electrons. The zero-order chi connectivity index (χ0) is 19.3. The van der Waals surface area contributed by atoms with Crippen molar-refractivity contribution in [1.82, 2.24) is 14.5 Å². The molecule has 1 N–H and O–H groups in total. The molecule has 0 radical (unpaired) electrons. The van der Waals surface area contributed by atoms with E-state index < -0.39 is 10.0 Å². The third kappa shape index (κ3) is 5.35. The predicted octanol–water partition coefficient (Wildman–Crippen LogP) is 2.34. The topological polar surface area (TPSA) is 81.1 Å². The van der Waals surface area contributed by atoms with Crippen LogP contribution in [-0.4, -0.2) is 24.7 Å². The van der Waals surface area contributed by atoms with E-state index in [9.17, 15) is 13.2 Å². The molecule has 0 bridgehead atoms. The third-order valence-electron chi connectivity index (χ3n) is 4.02. The highest BCUT2D eigenvalue weighted by molar-refractivity contribution is 7.88. The SMILES string of the molecule is Cc1cccc(CS(=O)(=O)NCCn2nc(-c3ccccc3)ccc2=O)c1. The number of hydrogen-bond acceptors (Lipinski definition) is 4. The molecule has 1 heterocycles. The maximum atomic E-state index is 12.3. The summed E-state index contributed by atoms with van der Waals surface area (Å²) in [6.07, 6.45) is 0. The van der Waals surface area contributed by atoms with E-state index in [-0.39, 0.29) is 24.4 Å². The number of nitrogens with one attached hydrogen (secondary N) is 1. The van der Waals surface area contributed by atoms with Crippen LogP contribution in [0.3, 0.4) is 0 Å². The molecule has 0 saturated heterocycles. The molecule has 0 spiro atoms. The predicted molar refractivity (Wildman–Crippen MR) is 106 cm³/mol. The Kier molecular flexibility index (Phi) is 5.83. The van der Waals surface area contributed by atoms with Crippen molar-refractivity contribution < 1.29 is 8.42 Å². The minimum Gasteiger partial charge on any atom is -0.268 e. The lowest BCUT2D eigenvalue weighted by atomic mass is 10.1. The van der Waals surface area contributed by atoms with E-state index in [1.807, 2.05) is 55.5 Å². The Morgan fingerprint density at radius 2 is 1.78 bits per heavy atom. The largest absolute Gasteiger partial charge is 0.268 e. The fourth-order valence-electron chi connectivity index (χ4n) is 2.75. The van der Waals surface area contributed by atoms with Crippen molar-refractivity contribution in [3.8, 4) is 11.3 Å². The number of sulfonamides is 1. The summed E-state index contributed by atoms with van der Waals surface area (Å²) in [5, 5.41) is 4.33. The monoisotopic (exact) mass is 383 g/mol. The van der Waals surface area contributed by atoms with Crippen LogP contribution in [0.15, 0.2) is 71.5 Å². The van der Waals surface area contributed by atoms with Crippen LogP contribution in [0.25, 0.3) is 11.3 Å². The molecule has 27 heavy (non-hydrogen) atoms. The lowest BCUT2D eigenvalue weighted by molar-refractivity contribution is 0.548. The zero-order valence-electron chi connectivity index (χ0n) is 15.0. The van der Waals surface area contributed by atoms with Crippen molar-refractivity contribution in [1.29, 1.82) is 0 Å². The summed E-state index contributed by atoms with van der Waals surface area (Å²) in [6.45, 7) is 2.17. The second kappa shape index (κ2) is 8.28. The number of aryl methyl sites for hydroxylation is 1. The first kappa shape index (κ1) is 19.0. The van der Waals surface area contributed by atoms with Gasteiger partial charge in [-0.25, -0.2) is 17.8 Å².